The predicted molar refractivity (Wildman–Crippen MR) is 94.4 cm³/mol. The van der Waals surface area contributed by atoms with Crippen molar-refractivity contribution in [1.29, 1.82) is 0 Å². The lowest BCUT2D eigenvalue weighted by molar-refractivity contribution is -0.384. The first kappa shape index (κ1) is 16.4. The highest BCUT2D eigenvalue weighted by atomic mass is 16.6. The number of benzene rings is 2. The molecule has 3 rings (SSSR count). The Kier molecular flexibility index (Phi) is 4.60. The second-order valence-corrected chi connectivity index (χ2v) is 5.42. The van der Waals surface area contributed by atoms with Crippen LogP contribution >= 0.6 is 0 Å². The fraction of sp³-hybridized carbons (Fsp3) is 0.176. The Morgan fingerprint density at radius 3 is 2.72 bits per heavy atom. The number of aromatic nitrogens is 2. The van der Waals surface area contributed by atoms with Crippen LogP contribution in [0.4, 0.5) is 17.1 Å². The molecule has 128 valence electrons. The van der Waals surface area contributed by atoms with E-state index in [2.05, 4.69) is 20.8 Å². The van der Waals surface area contributed by atoms with Gasteiger partial charge in [0.05, 0.1) is 4.92 Å². The maximum Gasteiger partial charge on any atom is 0.292 e. The molecule has 8 heteroatoms. The minimum Gasteiger partial charge on any atom is -0.421 e. The first-order valence-corrected chi connectivity index (χ1v) is 7.66. The molecule has 1 aromatic heterocycles. The van der Waals surface area contributed by atoms with Crippen LogP contribution in [-0.2, 0) is 6.54 Å². The molecular formula is C17H17N5O3. The molecule has 0 fully saturated rings. The molecule has 0 amide bonds. The Morgan fingerprint density at radius 2 is 2.04 bits per heavy atom. The van der Waals surface area contributed by atoms with E-state index in [0.29, 0.717) is 24.0 Å². The van der Waals surface area contributed by atoms with E-state index in [-0.39, 0.29) is 5.69 Å². The van der Waals surface area contributed by atoms with Gasteiger partial charge in [0.25, 0.3) is 5.69 Å². The van der Waals surface area contributed by atoms with E-state index < -0.39 is 4.92 Å². The molecule has 8 nitrogen and oxygen atoms in total. The molecule has 2 aromatic carbocycles. The zero-order valence-electron chi connectivity index (χ0n) is 13.8. The molecule has 25 heavy (non-hydrogen) atoms. The lowest BCUT2D eigenvalue weighted by Gasteiger charge is -2.09. The standard InChI is InChI=1S/C17H17N5O3/c1-11-20-21-17(25-11)13-4-3-5-14(9-13)19-10-12-6-7-15(18-2)16(8-12)22(23)24/h3-9,18-19H,10H2,1-2H3. The normalized spacial score (nSPS) is 10.5. The highest BCUT2D eigenvalue weighted by molar-refractivity contribution is 5.63. The van der Waals surface area contributed by atoms with Crippen molar-refractivity contribution in [1.82, 2.24) is 10.2 Å². The third-order valence-electron chi connectivity index (χ3n) is 3.66. The van der Waals surface area contributed by atoms with Gasteiger partial charge < -0.3 is 15.1 Å². The summed E-state index contributed by atoms with van der Waals surface area (Å²) in [5.41, 5.74) is 3.01. The summed E-state index contributed by atoms with van der Waals surface area (Å²) in [6.07, 6.45) is 0. The molecule has 0 radical (unpaired) electrons. The van der Waals surface area contributed by atoms with Crippen molar-refractivity contribution in [3.8, 4) is 11.5 Å². The molecule has 0 aliphatic carbocycles. The quantitative estimate of drug-likeness (QED) is 0.522. The molecule has 0 saturated heterocycles. The molecule has 3 aromatic rings. The minimum atomic E-state index is -0.395. The number of nitro benzene ring substituents is 1. The second kappa shape index (κ2) is 7.00. The molecular weight excluding hydrogens is 322 g/mol. The Labute approximate surface area is 144 Å². The summed E-state index contributed by atoms with van der Waals surface area (Å²) in [4.78, 5) is 10.7. The molecule has 1 heterocycles. The number of hydrogen-bond donors (Lipinski definition) is 2. The van der Waals surface area contributed by atoms with Crippen LogP contribution in [0.2, 0.25) is 0 Å². The van der Waals surface area contributed by atoms with E-state index in [9.17, 15) is 10.1 Å². The number of nitrogens with one attached hydrogen (secondary N) is 2. The van der Waals surface area contributed by atoms with Gasteiger partial charge in [-0.15, -0.1) is 10.2 Å². The molecule has 0 atom stereocenters. The smallest absolute Gasteiger partial charge is 0.292 e. The largest absolute Gasteiger partial charge is 0.421 e. The molecule has 0 unspecified atom stereocenters. The molecule has 0 saturated carbocycles. The lowest BCUT2D eigenvalue weighted by Crippen LogP contribution is -2.02. The summed E-state index contributed by atoms with van der Waals surface area (Å²) in [5, 5.41) is 25.0. The molecule has 2 N–H and O–H groups in total. The number of rotatable bonds is 6. The van der Waals surface area contributed by atoms with Gasteiger partial charge in [0, 0.05) is 37.8 Å². The van der Waals surface area contributed by atoms with E-state index in [0.717, 1.165) is 16.8 Å². The van der Waals surface area contributed by atoms with Gasteiger partial charge in [0.15, 0.2) is 0 Å². The van der Waals surface area contributed by atoms with E-state index >= 15 is 0 Å². The fourth-order valence-electron chi connectivity index (χ4n) is 2.43. The molecule has 0 bridgehead atoms. The third kappa shape index (κ3) is 3.74. The van der Waals surface area contributed by atoms with Gasteiger partial charge in [0.2, 0.25) is 11.8 Å². The van der Waals surface area contributed by atoms with Gasteiger partial charge in [0.1, 0.15) is 5.69 Å². The number of nitrogens with zero attached hydrogens (tertiary/aromatic N) is 3. The van der Waals surface area contributed by atoms with Crippen molar-refractivity contribution < 1.29 is 9.34 Å². The maximum atomic E-state index is 11.1. The fourth-order valence-corrected chi connectivity index (χ4v) is 2.43. The van der Waals surface area contributed by atoms with Crippen LogP contribution in [0.1, 0.15) is 11.5 Å². The topological polar surface area (TPSA) is 106 Å². The van der Waals surface area contributed by atoms with Crippen molar-refractivity contribution in [2.45, 2.75) is 13.5 Å². The SMILES string of the molecule is CNc1ccc(CNc2cccc(-c3nnc(C)o3)c2)cc1[N+](=O)[O-]. The van der Waals surface area contributed by atoms with E-state index in [1.165, 1.54) is 0 Å². The zero-order valence-corrected chi connectivity index (χ0v) is 13.8. The van der Waals surface area contributed by atoms with Crippen molar-refractivity contribution in [3.63, 3.8) is 0 Å². The van der Waals surface area contributed by atoms with E-state index in [4.69, 9.17) is 4.42 Å². The van der Waals surface area contributed by atoms with Crippen LogP contribution in [0.5, 0.6) is 0 Å². The summed E-state index contributed by atoms with van der Waals surface area (Å²) in [5.74, 6) is 0.959. The summed E-state index contributed by atoms with van der Waals surface area (Å²) < 4.78 is 5.42. The summed E-state index contributed by atoms with van der Waals surface area (Å²) in [6.45, 7) is 2.19. The first-order chi connectivity index (χ1) is 12.1. The Morgan fingerprint density at radius 1 is 1.20 bits per heavy atom. The van der Waals surface area contributed by atoms with Crippen LogP contribution in [0, 0.1) is 17.0 Å². The van der Waals surface area contributed by atoms with Crippen LogP contribution in [0.3, 0.4) is 0 Å². The predicted octanol–water partition coefficient (Wildman–Crippen LogP) is 3.61. The van der Waals surface area contributed by atoms with Crippen molar-refractivity contribution in [2.75, 3.05) is 17.7 Å². The molecule has 0 aliphatic heterocycles. The molecule has 0 spiro atoms. The minimum absolute atomic E-state index is 0.0527. The van der Waals surface area contributed by atoms with Gasteiger partial charge in [-0.3, -0.25) is 10.1 Å². The Balaban J connectivity index is 1.76. The summed E-state index contributed by atoms with van der Waals surface area (Å²) >= 11 is 0. The number of anilines is 2. The zero-order chi connectivity index (χ0) is 17.8. The van der Waals surface area contributed by atoms with Crippen LogP contribution < -0.4 is 10.6 Å². The number of nitro groups is 1. The highest BCUT2D eigenvalue weighted by Gasteiger charge is 2.13. The van der Waals surface area contributed by atoms with Crippen LogP contribution in [0.25, 0.3) is 11.5 Å². The first-order valence-electron chi connectivity index (χ1n) is 7.66. The summed E-state index contributed by atoms with van der Waals surface area (Å²) in [6, 6.07) is 12.7. The number of aryl methyl sites for hydroxylation is 1. The molecule has 0 aliphatic rings. The van der Waals surface area contributed by atoms with Crippen molar-refractivity contribution in [2.24, 2.45) is 0 Å². The third-order valence-corrected chi connectivity index (χ3v) is 3.66. The lowest BCUT2D eigenvalue weighted by atomic mass is 10.1. The Hall–Kier alpha value is -3.42. The van der Waals surface area contributed by atoms with E-state index in [1.54, 1.807) is 26.1 Å². The number of hydrogen-bond acceptors (Lipinski definition) is 7. The van der Waals surface area contributed by atoms with Crippen LogP contribution in [0.15, 0.2) is 46.9 Å². The van der Waals surface area contributed by atoms with Crippen molar-refractivity contribution >= 4 is 17.1 Å². The highest BCUT2D eigenvalue weighted by Crippen LogP contribution is 2.26. The average Bonchev–Trinajstić information content (AvgIpc) is 3.06. The second-order valence-electron chi connectivity index (χ2n) is 5.42. The average molecular weight is 339 g/mol. The maximum absolute atomic E-state index is 11.1. The van der Waals surface area contributed by atoms with Gasteiger partial charge in [-0.1, -0.05) is 12.1 Å². The van der Waals surface area contributed by atoms with Gasteiger partial charge in [-0.05, 0) is 29.8 Å². The van der Waals surface area contributed by atoms with Gasteiger partial charge in [-0.25, -0.2) is 0 Å². The van der Waals surface area contributed by atoms with E-state index in [1.807, 2.05) is 30.3 Å². The van der Waals surface area contributed by atoms with Crippen LogP contribution in [-0.4, -0.2) is 22.2 Å². The van der Waals surface area contributed by atoms with Gasteiger partial charge in [-0.2, -0.15) is 0 Å². The monoisotopic (exact) mass is 339 g/mol. The summed E-state index contributed by atoms with van der Waals surface area (Å²) in [7, 11) is 1.66. The van der Waals surface area contributed by atoms with Gasteiger partial charge >= 0.3 is 0 Å². The van der Waals surface area contributed by atoms with Crippen molar-refractivity contribution in [3.05, 3.63) is 64.0 Å². The Bertz CT molecular complexity index is 907.